The molecule has 0 aliphatic heterocycles. The summed E-state index contributed by atoms with van der Waals surface area (Å²) in [6.07, 6.45) is 7.42. The van der Waals surface area contributed by atoms with Crippen LogP contribution in [0.15, 0.2) is 24.3 Å². The van der Waals surface area contributed by atoms with Gasteiger partial charge in [0.25, 0.3) is 0 Å². The maximum absolute atomic E-state index is 6.11. The molecule has 1 aromatic rings. The zero-order valence-corrected chi connectivity index (χ0v) is 13.2. The summed E-state index contributed by atoms with van der Waals surface area (Å²) in [4.78, 5) is 0. The van der Waals surface area contributed by atoms with Gasteiger partial charge in [0.15, 0.2) is 0 Å². The van der Waals surface area contributed by atoms with E-state index in [1.54, 1.807) is 7.11 Å². The number of rotatable bonds is 5. The van der Waals surface area contributed by atoms with E-state index in [9.17, 15) is 0 Å². The Morgan fingerprint density at radius 1 is 1.10 bits per heavy atom. The summed E-state index contributed by atoms with van der Waals surface area (Å²) >= 11 is 0. The van der Waals surface area contributed by atoms with Crippen molar-refractivity contribution in [1.29, 1.82) is 0 Å². The lowest BCUT2D eigenvalue weighted by molar-refractivity contribution is 0.0232. The molecule has 1 fully saturated rings. The molecule has 2 rings (SSSR count). The lowest BCUT2D eigenvalue weighted by Crippen LogP contribution is -2.37. The zero-order chi connectivity index (χ0) is 14.6. The topological polar surface area (TPSA) is 35.2 Å². The summed E-state index contributed by atoms with van der Waals surface area (Å²) < 4.78 is 5.51. The Labute approximate surface area is 123 Å². The highest BCUT2D eigenvalue weighted by Crippen LogP contribution is 2.38. The lowest BCUT2D eigenvalue weighted by atomic mass is 9.69. The van der Waals surface area contributed by atoms with Crippen molar-refractivity contribution in [2.24, 2.45) is 5.73 Å². The van der Waals surface area contributed by atoms with Crippen LogP contribution in [0.1, 0.15) is 57.1 Å². The third kappa shape index (κ3) is 3.42. The predicted octanol–water partition coefficient (Wildman–Crippen LogP) is 3.81. The Morgan fingerprint density at radius 2 is 1.70 bits per heavy atom. The van der Waals surface area contributed by atoms with E-state index in [0.717, 1.165) is 13.0 Å². The second-order valence-electron chi connectivity index (χ2n) is 6.88. The molecule has 0 bridgehead atoms. The summed E-state index contributed by atoms with van der Waals surface area (Å²) in [7, 11) is 1.78. The third-order valence-electron chi connectivity index (χ3n) is 4.95. The third-order valence-corrected chi connectivity index (χ3v) is 4.95. The Bertz CT molecular complexity index is 416. The average Bonchev–Trinajstić information content (AvgIpc) is 2.48. The van der Waals surface area contributed by atoms with Gasteiger partial charge in [0.2, 0.25) is 0 Å². The Morgan fingerprint density at radius 3 is 2.20 bits per heavy atom. The first-order valence-electron chi connectivity index (χ1n) is 7.86. The lowest BCUT2D eigenvalue weighted by Gasteiger charge is -2.37. The molecule has 0 atom stereocenters. The van der Waals surface area contributed by atoms with Crippen LogP contribution < -0.4 is 5.73 Å². The van der Waals surface area contributed by atoms with Gasteiger partial charge in [0.1, 0.15) is 0 Å². The fraction of sp³-hybridized carbons (Fsp3) is 0.667. The number of hydrogen-bond acceptors (Lipinski definition) is 2. The molecule has 2 N–H and O–H groups in total. The Hall–Kier alpha value is -0.860. The highest BCUT2D eigenvalue weighted by atomic mass is 16.5. The maximum atomic E-state index is 6.11. The van der Waals surface area contributed by atoms with Crippen LogP contribution in [0.5, 0.6) is 0 Å². The molecular weight excluding hydrogens is 246 g/mol. The molecule has 0 aromatic heterocycles. The molecule has 1 aromatic carbocycles. The Kier molecular flexibility index (Phi) is 4.87. The van der Waals surface area contributed by atoms with Crippen LogP contribution in [0.25, 0.3) is 0 Å². The van der Waals surface area contributed by atoms with Crippen LogP contribution in [-0.2, 0) is 16.6 Å². The minimum absolute atomic E-state index is 0.0993. The van der Waals surface area contributed by atoms with Crippen molar-refractivity contribution >= 4 is 0 Å². The molecule has 0 saturated heterocycles. The van der Waals surface area contributed by atoms with Crippen LogP contribution in [0.3, 0.4) is 0 Å². The van der Waals surface area contributed by atoms with Crippen molar-refractivity contribution in [3.8, 4) is 0 Å². The van der Waals surface area contributed by atoms with Gasteiger partial charge in [-0.05, 0) is 37.8 Å². The Balaban J connectivity index is 2.14. The van der Waals surface area contributed by atoms with Gasteiger partial charge >= 0.3 is 0 Å². The van der Waals surface area contributed by atoms with E-state index in [-0.39, 0.29) is 11.0 Å². The second-order valence-corrected chi connectivity index (χ2v) is 6.88. The highest BCUT2D eigenvalue weighted by Gasteiger charge is 2.32. The molecule has 0 heterocycles. The van der Waals surface area contributed by atoms with E-state index in [2.05, 4.69) is 38.1 Å². The van der Waals surface area contributed by atoms with Gasteiger partial charge in [0, 0.05) is 25.5 Å². The molecule has 0 radical (unpaired) electrons. The maximum Gasteiger partial charge on any atom is 0.0662 e. The quantitative estimate of drug-likeness (QED) is 0.886. The van der Waals surface area contributed by atoms with Gasteiger partial charge in [-0.15, -0.1) is 0 Å². The molecule has 0 amide bonds. The molecular formula is C18H29NO. The minimum Gasteiger partial charge on any atom is -0.378 e. The normalized spacial score (nSPS) is 19.0. The van der Waals surface area contributed by atoms with Crippen LogP contribution in [0.2, 0.25) is 0 Å². The van der Waals surface area contributed by atoms with Crippen LogP contribution in [-0.4, -0.2) is 19.3 Å². The van der Waals surface area contributed by atoms with Gasteiger partial charge in [0.05, 0.1) is 5.60 Å². The van der Waals surface area contributed by atoms with E-state index in [0.29, 0.717) is 0 Å². The summed E-state index contributed by atoms with van der Waals surface area (Å²) in [6, 6.07) is 9.09. The van der Waals surface area contributed by atoms with E-state index in [1.807, 2.05) is 0 Å². The smallest absolute Gasteiger partial charge is 0.0662 e. The van der Waals surface area contributed by atoms with E-state index in [1.165, 1.54) is 43.2 Å². The van der Waals surface area contributed by atoms with Gasteiger partial charge < -0.3 is 10.5 Å². The number of nitrogens with two attached hydrogens (primary N) is 1. The molecule has 112 valence electrons. The van der Waals surface area contributed by atoms with Gasteiger partial charge in [-0.2, -0.15) is 0 Å². The second kappa shape index (κ2) is 6.28. The number of hydrogen-bond donors (Lipinski definition) is 1. The van der Waals surface area contributed by atoms with Crippen LogP contribution >= 0.6 is 0 Å². The monoisotopic (exact) mass is 275 g/mol. The van der Waals surface area contributed by atoms with Crippen molar-refractivity contribution in [3.63, 3.8) is 0 Å². The van der Waals surface area contributed by atoms with Crippen molar-refractivity contribution in [3.05, 3.63) is 35.4 Å². The van der Waals surface area contributed by atoms with Crippen molar-refractivity contribution in [2.75, 3.05) is 13.7 Å². The molecule has 0 spiro atoms. The zero-order valence-electron chi connectivity index (χ0n) is 13.2. The highest BCUT2D eigenvalue weighted by molar-refractivity contribution is 5.31. The van der Waals surface area contributed by atoms with Crippen molar-refractivity contribution < 1.29 is 4.74 Å². The summed E-state index contributed by atoms with van der Waals surface area (Å²) in [5.41, 5.74) is 9.01. The molecule has 20 heavy (non-hydrogen) atoms. The van der Waals surface area contributed by atoms with Crippen LogP contribution in [0, 0.1) is 0 Å². The standard InChI is InChI=1S/C18H29NO/c1-17(2,20-3)13-15-7-9-16(10-8-15)18(14-19)11-5-4-6-12-18/h7-10H,4-6,11-14,19H2,1-3H3. The fourth-order valence-electron chi connectivity index (χ4n) is 3.38. The molecule has 1 aliphatic rings. The largest absolute Gasteiger partial charge is 0.378 e. The first-order valence-corrected chi connectivity index (χ1v) is 7.86. The fourth-order valence-corrected chi connectivity index (χ4v) is 3.38. The van der Waals surface area contributed by atoms with Gasteiger partial charge in [-0.3, -0.25) is 0 Å². The van der Waals surface area contributed by atoms with Crippen molar-refractivity contribution in [2.45, 2.75) is 63.4 Å². The molecule has 0 unspecified atom stereocenters. The van der Waals surface area contributed by atoms with Crippen molar-refractivity contribution in [1.82, 2.24) is 0 Å². The number of methoxy groups -OCH3 is 1. The molecule has 2 nitrogen and oxygen atoms in total. The van der Waals surface area contributed by atoms with Gasteiger partial charge in [-0.1, -0.05) is 43.5 Å². The van der Waals surface area contributed by atoms with E-state index >= 15 is 0 Å². The van der Waals surface area contributed by atoms with E-state index < -0.39 is 0 Å². The van der Waals surface area contributed by atoms with Crippen LogP contribution in [0.4, 0.5) is 0 Å². The SMILES string of the molecule is COC(C)(C)Cc1ccc(C2(CN)CCCCC2)cc1. The predicted molar refractivity (Wildman–Crippen MR) is 85.1 cm³/mol. The number of ether oxygens (including phenoxy) is 1. The average molecular weight is 275 g/mol. The first kappa shape index (κ1) is 15.5. The molecule has 2 heteroatoms. The first-order chi connectivity index (χ1) is 9.51. The van der Waals surface area contributed by atoms with E-state index in [4.69, 9.17) is 10.5 Å². The molecule has 1 saturated carbocycles. The number of benzene rings is 1. The van der Waals surface area contributed by atoms with Gasteiger partial charge in [-0.25, -0.2) is 0 Å². The summed E-state index contributed by atoms with van der Waals surface area (Å²) in [6.45, 7) is 5.03. The molecule has 1 aliphatic carbocycles. The summed E-state index contributed by atoms with van der Waals surface area (Å²) in [5, 5.41) is 0. The summed E-state index contributed by atoms with van der Waals surface area (Å²) in [5.74, 6) is 0. The minimum atomic E-state index is -0.0993.